The number of fused-ring (bicyclic) bond motifs is 1. The number of rotatable bonds is 4. The molecule has 0 spiro atoms. The van der Waals surface area contributed by atoms with Gasteiger partial charge in [-0.15, -0.1) is 0 Å². The van der Waals surface area contributed by atoms with Crippen LogP contribution in [-0.4, -0.2) is 24.5 Å². The molecule has 3 N–H and O–H groups in total. The van der Waals surface area contributed by atoms with Crippen LogP contribution in [0.2, 0.25) is 0 Å². The second-order valence-corrected chi connectivity index (χ2v) is 6.69. The van der Waals surface area contributed by atoms with Gasteiger partial charge in [-0.1, -0.05) is 28.9 Å². The highest BCUT2D eigenvalue weighted by Crippen LogP contribution is 2.24. The minimum atomic E-state index is -0.392. The highest BCUT2D eigenvalue weighted by Gasteiger charge is 2.17. The van der Waals surface area contributed by atoms with E-state index in [1.54, 1.807) is 16.7 Å². The van der Waals surface area contributed by atoms with Crippen LogP contribution in [0.15, 0.2) is 46.9 Å². The van der Waals surface area contributed by atoms with Gasteiger partial charge in [0.25, 0.3) is 0 Å². The predicted octanol–water partition coefficient (Wildman–Crippen LogP) is 4.00. The molecule has 2 heterocycles. The summed E-state index contributed by atoms with van der Waals surface area (Å²) in [7, 11) is 0. The molecule has 27 heavy (non-hydrogen) atoms. The summed E-state index contributed by atoms with van der Waals surface area (Å²) >= 11 is 3.39. The first kappa shape index (κ1) is 17.3. The Kier molecular flexibility index (Phi) is 4.44. The minimum Gasteiger partial charge on any atom is -0.368 e. The van der Waals surface area contributed by atoms with Crippen LogP contribution in [0.25, 0.3) is 17.0 Å². The first-order valence-electron chi connectivity index (χ1n) is 8.25. The summed E-state index contributed by atoms with van der Waals surface area (Å²) in [5.74, 6) is 0.874. The Bertz CT molecular complexity index is 1120. The molecule has 0 amide bonds. The fourth-order valence-corrected chi connectivity index (χ4v) is 3.04. The number of aromatic nitrogens is 5. The SMILES string of the molecule is CCc1nc2c(F)cccc2n1-c1nc(N)nc(Nc2ccc(Br)cc2)n1. The number of hydrogen-bond donors (Lipinski definition) is 2. The smallest absolute Gasteiger partial charge is 0.242 e. The van der Waals surface area contributed by atoms with Crippen LogP contribution in [0, 0.1) is 5.82 Å². The average Bonchev–Trinajstić information content (AvgIpc) is 3.03. The Labute approximate surface area is 162 Å². The molecule has 0 bridgehead atoms. The molecule has 2 aromatic carbocycles. The largest absolute Gasteiger partial charge is 0.368 e. The molecular formula is C18H15BrFN7. The molecule has 2 aromatic heterocycles. The van der Waals surface area contributed by atoms with E-state index in [0.29, 0.717) is 23.7 Å². The number of nitrogens with two attached hydrogens (primary N) is 1. The number of hydrogen-bond acceptors (Lipinski definition) is 6. The van der Waals surface area contributed by atoms with Crippen LogP contribution >= 0.6 is 15.9 Å². The lowest BCUT2D eigenvalue weighted by Crippen LogP contribution is -2.11. The summed E-state index contributed by atoms with van der Waals surface area (Å²) in [6.45, 7) is 1.93. The van der Waals surface area contributed by atoms with Crippen molar-refractivity contribution in [1.82, 2.24) is 24.5 Å². The molecule has 0 fully saturated rings. The third-order valence-electron chi connectivity index (χ3n) is 3.96. The molecule has 4 aromatic rings. The Morgan fingerprint density at radius 2 is 1.85 bits per heavy atom. The van der Waals surface area contributed by atoms with E-state index in [2.05, 4.69) is 41.2 Å². The number of imidazole rings is 1. The average molecular weight is 428 g/mol. The monoisotopic (exact) mass is 427 g/mol. The zero-order valence-corrected chi connectivity index (χ0v) is 15.9. The molecule has 0 aliphatic heterocycles. The summed E-state index contributed by atoms with van der Waals surface area (Å²) in [5.41, 5.74) is 7.54. The molecule has 136 valence electrons. The third-order valence-corrected chi connectivity index (χ3v) is 4.49. The maximum absolute atomic E-state index is 14.1. The molecule has 0 atom stereocenters. The predicted molar refractivity (Wildman–Crippen MR) is 106 cm³/mol. The van der Waals surface area contributed by atoms with Crippen molar-refractivity contribution in [3.05, 3.63) is 58.6 Å². The van der Waals surface area contributed by atoms with Crippen LogP contribution in [0.3, 0.4) is 0 Å². The van der Waals surface area contributed by atoms with Gasteiger partial charge in [0.2, 0.25) is 17.8 Å². The summed E-state index contributed by atoms with van der Waals surface area (Å²) in [6, 6.07) is 12.3. The molecule has 0 saturated carbocycles. The zero-order valence-electron chi connectivity index (χ0n) is 14.3. The van der Waals surface area contributed by atoms with E-state index in [4.69, 9.17) is 5.73 Å². The number of nitrogen functional groups attached to an aromatic ring is 1. The molecule has 4 rings (SSSR count). The van der Waals surface area contributed by atoms with Crippen LogP contribution in [-0.2, 0) is 6.42 Å². The van der Waals surface area contributed by atoms with Gasteiger partial charge >= 0.3 is 0 Å². The van der Waals surface area contributed by atoms with E-state index in [1.807, 2.05) is 31.2 Å². The number of halogens is 2. The Balaban J connectivity index is 1.83. The lowest BCUT2D eigenvalue weighted by Gasteiger charge is -2.10. The molecule has 7 nitrogen and oxygen atoms in total. The number of aryl methyl sites for hydroxylation is 1. The van der Waals surface area contributed by atoms with E-state index < -0.39 is 5.82 Å². The fourth-order valence-electron chi connectivity index (χ4n) is 2.77. The van der Waals surface area contributed by atoms with Gasteiger partial charge in [-0.2, -0.15) is 15.0 Å². The van der Waals surface area contributed by atoms with E-state index >= 15 is 0 Å². The van der Waals surface area contributed by atoms with Gasteiger partial charge in [0.05, 0.1) is 5.52 Å². The Hall–Kier alpha value is -3.07. The summed E-state index contributed by atoms with van der Waals surface area (Å²) < 4.78 is 16.8. The van der Waals surface area contributed by atoms with E-state index in [1.165, 1.54) is 6.07 Å². The fraction of sp³-hybridized carbons (Fsp3) is 0.111. The number of para-hydroxylation sites is 1. The quantitative estimate of drug-likeness (QED) is 0.510. The Morgan fingerprint density at radius 3 is 2.59 bits per heavy atom. The van der Waals surface area contributed by atoms with Gasteiger partial charge in [0.15, 0.2) is 5.82 Å². The number of benzene rings is 2. The second kappa shape index (κ2) is 6.92. The molecule has 0 saturated heterocycles. The van der Waals surface area contributed by atoms with Gasteiger partial charge < -0.3 is 11.1 Å². The van der Waals surface area contributed by atoms with E-state index in [-0.39, 0.29) is 17.4 Å². The number of nitrogens with zero attached hydrogens (tertiary/aromatic N) is 5. The first-order chi connectivity index (χ1) is 13.0. The van der Waals surface area contributed by atoms with Crippen LogP contribution in [0.5, 0.6) is 0 Å². The summed E-state index contributed by atoms with van der Waals surface area (Å²) in [4.78, 5) is 17.2. The first-order valence-corrected chi connectivity index (χ1v) is 9.05. The standard InChI is InChI=1S/C18H15BrFN7/c1-2-14-23-15-12(20)4-3-5-13(15)27(14)18-25-16(21)24-17(26-18)22-11-8-6-10(19)7-9-11/h3-9H,2H2,1H3,(H3,21,22,24,25,26). The van der Waals surface area contributed by atoms with Gasteiger partial charge in [-0.3, -0.25) is 4.57 Å². The zero-order chi connectivity index (χ0) is 19.0. The maximum atomic E-state index is 14.1. The molecular weight excluding hydrogens is 413 g/mol. The molecule has 0 radical (unpaired) electrons. The van der Waals surface area contributed by atoms with Gasteiger partial charge in [0.1, 0.15) is 11.3 Å². The van der Waals surface area contributed by atoms with Crippen LogP contribution in [0.1, 0.15) is 12.7 Å². The van der Waals surface area contributed by atoms with Crippen molar-refractivity contribution >= 4 is 44.5 Å². The van der Waals surface area contributed by atoms with Gasteiger partial charge in [0, 0.05) is 16.6 Å². The van der Waals surface area contributed by atoms with Crippen LogP contribution < -0.4 is 11.1 Å². The molecule has 0 aliphatic rings. The van der Waals surface area contributed by atoms with Crippen molar-refractivity contribution in [2.24, 2.45) is 0 Å². The topological polar surface area (TPSA) is 94.5 Å². The molecule has 0 unspecified atom stereocenters. The van der Waals surface area contributed by atoms with Crippen molar-refractivity contribution < 1.29 is 4.39 Å². The van der Waals surface area contributed by atoms with Gasteiger partial charge in [-0.05, 0) is 36.4 Å². The maximum Gasteiger partial charge on any atom is 0.242 e. The Morgan fingerprint density at radius 1 is 1.07 bits per heavy atom. The summed E-state index contributed by atoms with van der Waals surface area (Å²) in [6.07, 6.45) is 0.579. The summed E-state index contributed by atoms with van der Waals surface area (Å²) in [5, 5.41) is 3.10. The number of anilines is 3. The highest BCUT2D eigenvalue weighted by molar-refractivity contribution is 9.10. The molecule has 0 aliphatic carbocycles. The molecule has 9 heteroatoms. The highest BCUT2D eigenvalue weighted by atomic mass is 79.9. The third kappa shape index (κ3) is 3.33. The number of nitrogens with one attached hydrogen (secondary N) is 1. The van der Waals surface area contributed by atoms with Crippen molar-refractivity contribution in [2.45, 2.75) is 13.3 Å². The van der Waals surface area contributed by atoms with E-state index in [9.17, 15) is 4.39 Å². The van der Waals surface area contributed by atoms with Gasteiger partial charge in [-0.25, -0.2) is 9.37 Å². The van der Waals surface area contributed by atoms with Crippen molar-refractivity contribution in [2.75, 3.05) is 11.1 Å². The van der Waals surface area contributed by atoms with Crippen LogP contribution in [0.4, 0.5) is 22.0 Å². The van der Waals surface area contributed by atoms with Crippen molar-refractivity contribution in [3.8, 4) is 5.95 Å². The van der Waals surface area contributed by atoms with E-state index in [0.717, 1.165) is 10.2 Å². The lowest BCUT2D eigenvalue weighted by atomic mass is 10.3. The second-order valence-electron chi connectivity index (χ2n) is 5.77. The van der Waals surface area contributed by atoms with Crippen molar-refractivity contribution in [3.63, 3.8) is 0 Å². The lowest BCUT2D eigenvalue weighted by molar-refractivity contribution is 0.637. The van der Waals surface area contributed by atoms with Crippen molar-refractivity contribution in [1.29, 1.82) is 0 Å². The minimum absolute atomic E-state index is 0.0555. The normalized spacial score (nSPS) is 11.1.